The van der Waals surface area contributed by atoms with E-state index in [0.29, 0.717) is 17.5 Å². The Morgan fingerprint density at radius 3 is 2.65 bits per heavy atom. The van der Waals surface area contributed by atoms with E-state index in [1.807, 2.05) is 19.1 Å². The number of ether oxygens (including phenoxy) is 1. The molecule has 0 saturated heterocycles. The fourth-order valence-electron chi connectivity index (χ4n) is 3.29. The predicted octanol–water partition coefficient (Wildman–Crippen LogP) is 5.19. The minimum atomic E-state index is -0.215. The lowest BCUT2D eigenvalue weighted by Crippen LogP contribution is -2.12. The first-order chi connectivity index (χ1) is 11.2. The first-order valence-electron chi connectivity index (χ1n) is 8.26. The number of halogens is 1. The van der Waals surface area contributed by atoms with Crippen molar-refractivity contribution in [2.75, 3.05) is 0 Å². The van der Waals surface area contributed by atoms with Crippen molar-refractivity contribution in [2.24, 2.45) is 0 Å². The second kappa shape index (κ2) is 6.95. The molecule has 2 aromatic carbocycles. The van der Waals surface area contributed by atoms with Gasteiger partial charge in [-0.25, -0.2) is 4.39 Å². The fraction of sp³-hybridized carbons (Fsp3) is 0.350. The summed E-state index contributed by atoms with van der Waals surface area (Å²) in [5.74, 6) is 0.524. The highest BCUT2D eigenvalue weighted by Crippen LogP contribution is 2.36. The van der Waals surface area contributed by atoms with E-state index in [9.17, 15) is 9.18 Å². The van der Waals surface area contributed by atoms with Gasteiger partial charge in [0.1, 0.15) is 17.9 Å². The van der Waals surface area contributed by atoms with Gasteiger partial charge in [-0.05, 0) is 67.5 Å². The molecule has 23 heavy (non-hydrogen) atoms. The van der Waals surface area contributed by atoms with Crippen molar-refractivity contribution in [1.82, 2.24) is 0 Å². The van der Waals surface area contributed by atoms with Crippen molar-refractivity contribution in [1.29, 1.82) is 0 Å². The van der Waals surface area contributed by atoms with Crippen LogP contribution in [0.5, 0.6) is 5.75 Å². The Morgan fingerprint density at radius 1 is 1.17 bits per heavy atom. The molecule has 0 aromatic heterocycles. The maximum absolute atomic E-state index is 14.1. The van der Waals surface area contributed by atoms with Crippen LogP contribution in [0.1, 0.15) is 48.5 Å². The largest absolute Gasteiger partial charge is 0.490 e. The third kappa shape index (κ3) is 3.29. The molecule has 2 aromatic rings. The van der Waals surface area contributed by atoms with Crippen LogP contribution in [0.15, 0.2) is 36.4 Å². The zero-order chi connectivity index (χ0) is 16.2. The fourth-order valence-corrected chi connectivity index (χ4v) is 3.29. The van der Waals surface area contributed by atoms with Crippen LogP contribution in [0.4, 0.5) is 4.39 Å². The monoisotopic (exact) mass is 312 g/mol. The molecule has 0 spiro atoms. The van der Waals surface area contributed by atoms with Crippen molar-refractivity contribution >= 4 is 6.29 Å². The molecule has 0 N–H and O–H groups in total. The van der Waals surface area contributed by atoms with Crippen molar-refractivity contribution in [3.8, 4) is 16.9 Å². The molecule has 1 aliphatic rings. The molecule has 1 fully saturated rings. The van der Waals surface area contributed by atoms with Crippen LogP contribution >= 0.6 is 0 Å². The van der Waals surface area contributed by atoms with Gasteiger partial charge in [-0.2, -0.15) is 0 Å². The Balaban J connectivity index is 2.08. The third-order valence-corrected chi connectivity index (χ3v) is 4.50. The Hall–Kier alpha value is -2.16. The van der Waals surface area contributed by atoms with Gasteiger partial charge in [-0.1, -0.05) is 19.1 Å². The van der Waals surface area contributed by atoms with E-state index in [4.69, 9.17) is 4.74 Å². The Kier molecular flexibility index (Phi) is 4.75. The third-order valence-electron chi connectivity index (χ3n) is 4.50. The van der Waals surface area contributed by atoms with E-state index in [-0.39, 0.29) is 11.9 Å². The number of benzene rings is 2. The molecule has 120 valence electrons. The molecule has 0 radical (unpaired) electrons. The smallest absolute Gasteiger partial charge is 0.150 e. The molecular formula is C20H21FO2. The topological polar surface area (TPSA) is 26.3 Å². The lowest BCUT2D eigenvalue weighted by Gasteiger charge is -2.18. The molecule has 0 unspecified atom stereocenters. The zero-order valence-corrected chi connectivity index (χ0v) is 13.3. The summed E-state index contributed by atoms with van der Waals surface area (Å²) in [5.41, 5.74) is 2.85. The molecule has 0 atom stereocenters. The Labute approximate surface area is 136 Å². The van der Waals surface area contributed by atoms with Gasteiger partial charge in [0.15, 0.2) is 0 Å². The van der Waals surface area contributed by atoms with Crippen LogP contribution in [0, 0.1) is 5.82 Å². The van der Waals surface area contributed by atoms with Gasteiger partial charge in [-0.3, -0.25) is 4.79 Å². The van der Waals surface area contributed by atoms with Crippen LogP contribution in [0.3, 0.4) is 0 Å². The molecule has 2 nitrogen and oxygen atoms in total. The van der Waals surface area contributed by atoms with Gasteiger partial charge in [0.05, 0.1) is 6.10 Å². The van der Waals surface area contributed by atoms with Crippen molar-refractivity contribution < 1.29 is 13.9 Å². The summed E-state index contributed by atoms with van der Waals surface area (Å²) in [4.78, 5) is 11.2. The zero-order valence-electron chi connectivity index (χ0n) is 13.3. The Morgan fingerprint density at radius 2 is 1.96 bits per heavy atom. The molecule has 1 aliphatic carbocycles. The average Bonchev–Trinajstić information content (AvgIpc) is 3.08. The van der Waals surface area contributed by atoms with E-state index < -0.39 is 0 Å². The molecule has 0 aliphatic heterocycles. The molecule has 3 heteroatoms. The second-order valence-electron chi connectivity index (χ2n) is 6.02. The van der Waals surface area contributed by atoms with Crippen molar-refractivity contribution in [3.63, 3.8) is 0 Å². The van der Waals surface area contributed by atoms with E-state index in [0.717, 1.165) is 36.0 Å². The number of aldehydes is 1. The number of hydrogen-bond acceptors (Lipinski definition) is 2. The first kappa shape index (κ1) is 15.7. The van der Waals surface area contributed by atoms with Crippen LogP contribution in [-0.4, -0.2) is 12.4 Å². The SMILES string of the molecule is CCc1c(F)cccc1-c1cc(C=O)ccc1OC1CCCC1. The van der Waals surface area contributed by atoms with Crippen LogP contribution < -0.4 is 4.74 Å². The first-order valence-corrected chi connectivity index (χ1v) is 8.26. The highest BCUT2D eigenvalue weighted by Gasteiger charge is 2.20. The van der Waals surface area contributed by atoms with Gasteiger partial charge < -0.3 is 4.74 Å². The summed E-state index contributed by atoms with van der Waals surface area (Å²) in [6.45, 7) is 1.93. The summed E-state index contributed by atoms with van der Waals surface area (Å²) < 4.78 is 20.3. The van der Waals surface area contributed by atoms with Gasteiger partial charge >= 0.3 is 0 Å². The molecular weight excluding hydrogens is 291 g/mol. The maximum Gasteiger partial charge on any atom is 0.150 e. The summed E-state index contributed by atoms with van der Waals surface area (Å²) >= 11 is 0. The van der Waals surface area contributed by atoms with Crippen LogP contribution in [0.2, 0.25) is 0 Å². The molecule has 1 saturated carbocycles. The minimum absolute atomic E-state index is 0.215. The average molecular weight is 312 g/mol. The number of carbonyl (C=O) groups is 1. The standard InChI is InChI=1S/C20H21FO2/c1-2-16-17(8-5-9-19(16)21)18-12-14(13-22)10-11-20(18)23-15-6-3-4-7-15/h5,8-13,15H,2-4,6-7H2,1H3. The number of carbonyl (C=O) groups excluding carboxylic acids is 1. The predicted molar refractivity (Wildman–Crippen MR) is 89.5 cm³/mol. The van der Waals surface area contributed by atoms with Gasteiger partial charge in [0.2, 0.25) is 0 Å². The van der Waals surface area contributed by atoms with E-state index in [2.05, 4.69) is 0 Å². The van der Waals surface area contributed by atoms with Crippen LogP contribution in [-0.2, 0) is 6.42 Å². The quantitative estimate of drug-likeness (QED) is 0.710. The number of rotatable bonds is 5. The van der Waals surface area contributed by atoms with E-state index in [1.54, 1.807) is 18.2 Å². The van der Waals surface area contributed by atoms with Gasteiger partial charge in [-0.15, -0.1) is 0 Å². The van der Waals surface area contributed by atoms with Crippen molar-refractivity contribution in [2.45, 2.75) is 45.1 Å². The van der Waals surface area contributed by atoms with E-state index in [1.165, 1.54) is 18.9 Å². The minimum Gasteiger partial charge on any atom is -0.490 e. The van der Waals surface area contributed by atoms with Gasteiger partial charge in [0, 0.05) is 11.1 Å². The summed E-state index contributed by atoms with van der Waals surface area (Å²) in [6.07, 6.45) is 6.11. The lowest BCUT2D eigenvalue weighted by molar-refractivity contribution is 0.112. The Bertz CT molecular complexity index is 703. The van der Waals surface area contributed by atoms with Crippen molar-refractivity contribution in [3.05, 3.63) is 53.3 Å². The summed E-state index contributed by atoms with van der Waals surface area (Å²) in [6, 6.07) is 10.5. The summed E-state index contributed by atoms with van der Waals surface area (Å²) in [7, 11) is 0. The van der Waals surface area contributed by atoms with Crippen LogP contribution in [0.25, 0.3) is 11.1 Å². The number of hydrogen-bond donors (Lipinski definition) is 0. The summed E-state index contributed by atoms with van der Waals surface area (Å²) in [5, 5.41) is 0. The molecule has 0 amide bonds. The normalized spacial score (nSPS) is 14.9. The molecule has 0 bridgehead atoms. The molecule has 0 heterocycles. The molecule has 3 rings (SSSR count). The lowest BCUT2D eigenvalue weighted by atomic mass is 9.95. The second-order valence-corrected chi connectivity index (χ2v) is 6.02. The highest BCUT2D eigenvalue weighted by atomic mass is 19.1. The van der Waals surface area contributed by atoms with E-state index >= 15 is 0 Å². The highest BCUT2D eigenvalue weighted by molar-refractivity contribution is 5.82. The van der Waals surface area contributed by atoms with Gasteiger partial charge in [0.25, 0.3) is 0 Å². The maximum atomic E-state index is 14.1.